The van der Waals surface area contributed by atoms with Crippen LogP contribution >= 0.6 is 0 Å². The van der Waals surface area contributed by atoms with E-state index in [1.807, 2.05) is 18.2 Å². The third-order valence-corrected chi connectivity index (χ3v) is 2.57. The standard InChI is InChI=1S/C13H17N3O3/c1-3-14-7-10-4-5-11(17-2)12(6-10)18-8-13-15-9-19-16-13/h4-6,9,14H,3,7-8H2,1-2H3. The molecule has 0 atom stereocenters. The number of benzene rings is 1. The summed E-state index contributed by atoms with van der Waals surface area (Å²) >= 11 is 0. The molecular weight excluding hydrogens is 246 g/mol. The van der Waals surface area contributed by atoms with Crippen LogP contribution in [0.3, 0.4) is 0 Å². The molecule has 6 heteroatoms. The lowest BCUT2D eigenvalue weighted by Crippen LogP contribution is -2.11. The van der Waals surface area contributed by atoms with Crippen LogP contribution in [0.15, 0.2) is 29.1 Å². The normalized spacial score (nSPS) is 10.4. The first-order valence-electron chi connectivity index (χ1n) is 6.09. The summed E-state index contributed by atoms with van der Waals surface area (Å²) in [5, 5.41) is 6.96. The molecule has 1 aromatic carbocycles. The Bertz CT molecular complexity index is 500. The van der Waals surface area contributed by atoms with Crippen molar-refractivity contribution in [2.45, 2.75) is 20.1 Å². The number of aromatic nitrogens is 2. The van der Waals surface area contributed by atoms with E-state index in [-0.39, 0.29) is 6.61 Å². The fourth-order valence-corrected chi connectivity index (χ4v) is 1.61. The van der Waals surface area contributed by atoms with Crippen molar-refractivity contribution >= 4 is 0 Å². The Kier molecular flexibility index (Phi) is 4.74. The minimum absolute atomic E-state index is 0.248. The second-order valence-electron chi connectivity index (χ2n) is 3.90. The van der Waals surface area contributed by atoms with Crippen molar-refractivity contribution in [2.24, 2.45) is 0 Å². The van der Waals surface area contributed by atoms with Gasteiger partial charge in [0.1, 0.15) is 0 Å². The Morgan fingerprint density at radius 3 is 2.89 bits per heavy atom. The summed E-state index contributed by atoms with van der Waals surface area (Å²) in [7, 11) is 1.61. The summed E-state index contributed by atoms with van der Waals surface area (Å²) in [6, 6.07) is 5.84. The quantitative estimate of drug-likeness (QED) is 0.821. The van der Waals surface area contributed by atoms with Crippen molar-refractivity contribution in [3.63, 3.8) is 0 Å². The zero-order valence-corrected chi connectivity index (χ0v) is 11.0. The molecule has 1 N–H and O–H groups in total. The van der Waals surface area contributed by atoms with Gasteiger partial charge in [-0.15, -0.1) is 0 Å². The highest BCUT2D eigenvalue weighted by molar-refractivity contribution is 5.42. The SMILES string of the molecule is CCNCc1ccc(OC)c(OCc2ncon2)c1. The van der Waals surface area contributed by atoms with Gasteiger partial charge < -0.3 is 19.3 Å². The molecule has 6 nitrogen and oxygen atoms in total. The van der Waals surface area contributed by atoms with Gasteiger partial charge in [0.05, 0.1) is 7.11 Å². The largest absolute Gasteiger partial charge is 0.493 e. The van der Waals surface area contributed by atoms with Crippen LogP contribution < -0.4 is 14.8 Å². The van der Waals surface area contributed by atoms with Gasteiger partial charge in [0, 0.05) is 6.54 Å². The van der Waals surface area contributed by atoms with Gasteiger partial charge in [0.15, 0.2) is 18.1 Å². The van der Waals surface area contributed by atoms with Gasteiger partial charge in [0.2, 0.25) is 12.2 Å². The van der Waals surface area contributed by atoms with E-state index >= 15 is 0 Å². The molecule has 0 aliphatic carbocycles. The molecule has 0 fully saturated rings. The average Bonchev–Trinajstić information content (AvgIpc) is 2.96. The van der Waals surface area contributed by atoms with E-state index in [1.54, 1.807) is 7.11 Å². The van der Waals surface area contributed by atoms with Crippen molar-refractivity contribution in [2.75, 3.05) is 13.7 Å². The third kappa shape index (κ3) is 3.69. The minimum atomic E-state index is 0.248. The van der Waals surface area contributed by atoms with Gasteiger partial charge in [-0.05, 0) is 24.2 Å². The Labute approximate surface area is 111 Å². The zero-order valence-electron chi connectivity index (χ0n) is 11.0. The van der Waals surface area contributed by atoms with Gasteiger partial charge in [-0.3, -0.25) is 0 Å². The number of methoxy groups -OCH3 is 1. The Hall–Kier alpha value is -2.08. The molecule has 2 aromatic rings. The maximum Gasteiger partial charge on any atom is 0.213 e. The van der Waals surface area contributed by atoms with Gasteiger partial charge in [0.25, 0.3) is 0 Å². The van der Waals surface area contributed by atoms with Crippen LogP contribution in [0, 0.1) is 0 Å². The summed E-state index contributed by atoms with van der Waals surface area (Å²) in [4.78, 5) is 3.90. The molecule has 0 saturated carbocycles. The number of hydrogen-bond donors (Lipinski definition) is 1. The smallest absolute Gasteiger partial charge is 0.213 e. The first-order chi connectivity index (χ1) is 9.33. The molecule has 0 bridgehead atoms. The lowest BCUT2D eigenvalue weighted by atomic mass is 10.2. The van der Waals surface area contributed by atoms with Crippen LogP contribution in [0.2, 0.25) is 0 Å². The molecule has 0 aliphatic rings. The fourth-order valence-electron chi connectivity index (χ4n) is 1.61. The monoisotopic (exact) mass is 263 g/mol. The third-order valence-electron chi connectivity index (χ3n) is 2.57. The van der Waals surface area contributed by atoms with Crippen LogP contribution in [0.25, 0.3) is 0 Å². The molecule has 2 rings (SSSR count). The predicted octanol–water partition coefficient (Wildman–Crippen LogP) is 1.77. The highest BCUT2D eigenvalue weighted by Crippen LogP contribution is 2.28. The lowest BCUT2D eigenvalue weighted by Gasteiger charge is -2.11. The second-order valence-corrected chi connectivity index (χ2v) is 3.90. The number of nitrogens with one attached hydrogen (secondary N) is 1. The Morgan fingerprint density at radius 1 is 1.32 bits per heavy atom. The van der Waals surface area contributed by atoms with Crippen LogP contribution in [-0.4, -0.2) is 23.8 Å². The maximum absolute atomic E-state index is 5.66. The number of ether oxygens (including phenoxy) is 2. The lowest BCUT2D eigenvalue weighted by molar-refractivity contribution is 0.269. The van der Waals surface area contributed by atoms with Crippen LogP contribution in [0.4, 0.5) is 0 Å². The minimum Gasteiger partial charge on any atom is -0.493 e. The van der Waals surface area contributed by atoms with E-state index in [2.05, 4.69) is 26.9 Å². The fraction of sp³-hybridized carbons (Fsp3) is 0.385. The summed E-state index contributed by atoms with van der Waals surface area (Å²) in [5.41, 5.74) is 1.13. The van der Waals surface area contributed by atoms with E-state index in [1.165, 1.54) is 6.39 Å². The van der Waals surface area contributed by atoms with Crippen molar-refractivity contribution in [3.05, 3.63) is 36.0 Å². The molecule has 1 aromatic heterocycles. The average molecular weight is 263 g/mol. The van der Waals surface area contributed by atoms with E-state index in [4.69, 9.17) is 9.47 Å². The highest BCUT2D eigenvalue weighted by atomic mass is 16.5. The van der Waals surface area contributed by atoms with E-state index in [0.717, 1.165) is 18.7 Å². The molecule has 0 saturated heterocycles. The number of rotatable bonds is 7. The Balaban J connectivity index is 2.07. The molecule has 0 radical (unpaired) electrons. The Morgan fingerprint density at radius 2 is 2.21 bits per heavy atom. The van der Waals surface area contributed by atoms with Crippen LogP contribution in [-0.2, 0) is 13.2 Å². The van der Waals surface area contributed by atoms with E-state index in [0.29, 0.717) is 17.3 Å². The van der Waals surface area contributed by atoms with E-state index < -0.39 is 0 Å². The van der Waals surface area contributed by atoms with Gasteiger partial charge in [-0.1, -0.05) is 18.1 Å². The van der Waals surface area contributed by atoms with Crippen molar-refractivity contribution in [1.29, 1.82) is 0 Å². The molecule has 102 valence electrons. The molecular formula is C13H17N3O3. The summed E-state index contributed by atoms with van der Waals surface area (Å²) in [6.07, 6.45) is 1.28. The van der Waals surface area contributed by atoms with Gasteiger partial charge in [-0.25, -0.2) is 0 Å². The molecule has 0 unspecified atom stereocenters. The molecule has 0 amide bonds. The number of hydrogen-bond acceptors (Lipinski definition) is 6. The van der Waals surface area contributed by atoms with Crippen molar-refractivity contribution in [3.8, 4) is 11.5 Å². The summed E-state index contributed by atoms with van der Waals surface area (Å²) < 4.78 is 15.6. The van der Waals surface area contributed by atoms with Gasteiger partial charge in [-0.2, -0.15) is 4.98 Å². The molecule has 0 aliphatic heterocycles. The number of nitrogens with zero attached hydrogens (tertiary/aromatic N) is 2. The van der Waals surface area contributed by atoms with Crippen molar-refractivity contribution < 1.29 is 14.0 Å². The zero-order chi connectivity index (χ0) is 13.5. The summed E-state index contributed by atoms with van der Waals surface area (Å²) in [5.74, 6) is 1.85. The summed E-state index contributed by atoms with van der Waals surface area (Å²) in [6.45, 7) is 4.03. The van der Waals surface area contributed by atoms with Gasteiger partial charge >= 0.3 is 0 Å². The highest BCUT2D eigenvalue weighted by Gasteiger charge is 2.07. The topological polar surface area (TPSA) is 69.4 Å². The molecule has 0 spiro atoms. The maximum atomic E-state index is 5.66. The van der Waals surface area contributed by atoms with Crippen molar-refractivity contribution in [1.82, 2.24) is 15.5 Å². The molecule has 1 heterocycles. The van der Waals surface area contributed by atoms with Crippen LogP contribution in [0.5, 0.6) is 11.5 Å². The second kappa shape index (κ2) is 6.75. The first kappa shape index (κ1) is 13.4. The predicted molar refractivity (Wildman–Crippen MR) is 69.0 cm³/mol. The van der Waals surface area contributed by atoms with Crippen LogP contribution in [0.1, 0.15) is 18.3 Å². The first-order valence-corrected chi connectivity index (χ1v) is 6.09. The van der Waals surface area contributed by atoms with E-state index in [9.17, 15) is 0 Å². The molecule has 19 heavy (non-hydrogen) atoms.